The van der Waals surface area contributed by atoms with Gasteiger partial charge < -0.3 is 14.9 Å². The lowest BCUT2D eigenvalue weighted by atomic mass is 9.86. The maximum atomic E-state index is 12.9. The lowest BCUT2D eigenvalue weighted by Gasteiger charge is -2.33. The fraction of sp³-hybridized carbons (Fsp3) is 0.333. The first-order chi connectivity index (χ1) is 12.6. The summed E-state index contributed by atoms with van der Waals surface area (Å²) in [6.45, 7) is 4.23. The number of hydrogen-bond donors (Lipinski definition) is 1. The molecule has 0 spiro atoms. The Labute approximate surface area is 153 Å². The molecule has 1 aliphatic rings. The maximum Gasteiger partial charge on any atom is 0.223 e. The summed E-state index contributed by atoms with van der Waals surface area (Å²) >= 11 is 0. The second kappa shape index (κ2) is 8.04. The minimum atomic E-state index is -0.201. The van der Waals surface area contributed by atoms with Crippen LogP contribution in [0, 0.1) is 6.92 Å². The predicted octanol–water partition coefficient (Wildman–Crippen LogP) is 2.52. The Morgan fingerprint density at radius 1 is 1.12 bits per heavy atom. The number of piperazine rings is 1. The number of aromatic hydroxyl groups is 1. The Kier molecular flexibility index (Phi) is 5.56. The summed E-state index contributed by atoms with van der Waals surface area (Å²) in [5.41, 5.74) is 2.83. The summed E-state index contributed by atoms with van der Waals surface area (Å²) in [4.78, 5) is 27.2. The van der Waals surface area contributed by atoms with E-state index >= 15 is 0 Å². The zero-order valence-electron chi connectivity index (χ0n) is 15.0. The van der Waals surface area contributed by atoms with Crippen LogP contribution in [0.25, 0.3) is 0 Å². The number of rotatable bonds is 5. The summed E-state index contributed by atoms with van der Waals surface area (Å²) in [6.07, 6.45) is 1.13. The molecule has 3 rings (SSSR count). The Bertz CT molecular complexity index is 768. The zero-order chi connectivity index (χ0) is 18.5. The van der Waals surface area contributed by atoms with E-state index in [0.717, 1.165) is 23.1 Å². The van der Waals surface area contributed by atoms with Gasteiger partial charge in [-0.15, -0.1) is 0 Å². The Hall–Kier alpha value is -2.82. The number of nitrogens with zero attached hydrogens (tertiary/aromatic N) is 2. The van der Waals surface area contributed by atoms with Crippen molar-refractivity contribution in [2.45, 2.75) is 19.3 Å². The molecule has 0 radical (unpaired) electrons. The largest absolute Gasteiger partial charge is 0.508 e. The molecule has 136 valence electrons. The van der Waals surface area contributed by atoms with Crippen LogP contribution in [0.15, 0.2) is 48.5 Å². The first-order valence-electron chi connectivity index (χ1n) is 8.90. The molecule has 2 aromatic rings. The van der Waals surface area contributed by atoms with Crippen molar-refractivity contribution in [3.8, 4) is 5.75 Å². The van der Waals surface area contributed by atoms with Gasteiger partial charge in [-0.25, -0.2) is 0 Å². The summed E-state index contributed by atoms with van der Waals surface area (Å²) in [5.74, 6) is 0.0565. The number of carbonyl (C=O) groups excluding carboxylic acids is 2. The van der Waals surface area contributed by atoms with Gasteiger partial charge in [0.05, 0.1) is 0 Å². The van der Waals surface area contributed by atoms with E-state index < -0.39 is 0 Å². The monoisotopic (exact) mass is 352 g/mol. The van der Waals surface area contributed by atoms with Gasteiger partial charge in [0.15, 0.2) is 0 Å². The van der Waals surface area contributed by atoms with Gasteiger partial charge in [-0.05, 0) is 18.6 Å². The van der Waals surface area contributed by atoms with Crippen LogP contribution in [0.4, 0.5) is 0 Å². The highest BCUT2D eigenvalue weighted by Crippen LogP contribution is 2.35. The summed E-state index contributed by atoms with van der Waals surface area (Å²) in [6, 6.07) is 15.3. The lowest BCUT2D eigenvalue weighted by Crippen LogP contribution is -2.48. The fourth-order valence-corrected chi connectivity index (χ4v) is 3.43. The van der Waals surface area contributed by atoms with Crippen molar-refractivity contribution in [2.24, 2.45) is 0 Å². The average molecular weight is 352 g/mol. The van der Waals surface area contributed by atoms with Crippen molar-refractivity contribution >= 4 is 12.3 Å². The van der Waals surface area contributed by atoms with Crippen LogP contribution in [0.2, 0.25) is 0 Å². The molecule has 0 aromatic heterocycles. The van der Waals surface area contributed by atoms with Crippen LogP contribution in [0.3, 0.4) is 0 Å². The second-order valence-electron chi connectivity index (χ2n) is 6.75. The molecule has 2 aromatic carbocycles. The number of benzene rings is 2. The van der Waals surface area contributed by atoms with Gasteiger partial charge in [-0.3, -0.25) is 9.59 Å². The number of hydrogen-bond acceptors (Lipinski definition) is 3. The Morgan fingerprint density at radius 3 is 2.46 bits per heavy atom. The van der Waals surface area contributed by atoms with Crippen molar-refractivity contribution in [2.75, 3.05) is 26.2 Å². The molecule has 5 heteroatoms. The van der Waals surface area contributed by atoms with E-state index in [1.165, 1.54) is 0 Å². The molecule has 0 unspecified atom stereocenters. The smallest absolute Gasteiger partial charge is 0.223 e. The van der Waals surface area contributed by atoms with Crippen LogP contribution < -0.4 is 0 Å². The molecule has 0 aliphatic carbocycles. The van der Waals surface area contributed by atoms with E-state index in [2.05, 4.69) is 0 Å². The van der Waals surface area contributed by atoms with E-state index in [0.29, 0.717) is 32.6 Å². The molecular formula is C21H24N2O3. The van der Waals surface area contributed by atoms with Gasteiger partial charge in [-0.1, -0.05) is 48.0 Å². The van der Waals surface area contributed by atoms with Crippen molar-refractivity contribution in [3.63, 3.8) is 0 Å². The highest BCUT2D eigenvalue weighted by molar-refractivity contribution is 5.78. The normalized spacial score (nSPS) is 15.6. The highest BCUT2D eigenvalue weighted by atomic mass is 16.3. The molecule has 1 saturated heterocycles. The van der Waals surface area contributed by atoms with E-state index in [-0.39, 0.29) is 17.6 Å². The number of phenols is 1. The summed E-state index contributed by atoms with van der Waals surface area (Å²) in [5, 5.41) is 10.4. The van der Waals surface area contributed by atoms with Crippen molar-refractivity contribution in [1.82, 2.24) is 9.80 Å². The molecule has 5 nitrogen and oxygen atoms in total. The van der Waals surface area contributed by atoms with Gasteiger partial charge in [0.1, 0.15) is 5.75 Å². The number of phenolic OH excluding ortho intramolecular Hbond substituents is 1. The molecule has 2 amide bonds. The highest BCUT2D eigenvalue weighted by Gasteiger charge is 2.26. The van der Waals surface area contributed by atoms with Gasteiger partial charge >= 0.3 is 0 Å². The third kappa shape index (κ3) is 4.04. The van der Waals surface area contributed by atoms with E-state index in [4.69, 9.17) is 0 Å². The molecule has 0 saturated carbocycles. The molecule has 0 bridgehead atoms. The minimum absolute atomic E-state index is 0.0466. The predicted molar refractivity (Wildman–Crippen MR) is 100.0 cm³/mol. The number of carbonyl (C=O) groups is 2. The van der Waals surface area contributed by atoms with Crippen LogP contribution in [0.1, 0.15) is 29.0 Å². The third-order valence-electron chi connectivity index (χ3n) is 4.96. The minimum Gasteiger partial charge on any atom is -0.508 e. The topological polar surface area (TPSA) is 60.9 Å². The molecular weight excluding hydrogens is 328 g/mol. The molecule has 26 heavy (non-hydrogen) atoms. The third-order valence-corrected chi connectivity index (χ3v) is 4.96. The van der Waals surface area contributed by atoms with Crippen LogP contribution in [-0.4, -0.2) is 53.4 Å². The fourth-order valence-electron chi connectivity index (χ4n) is 3.43. The van der Waals surface area contributed by atoms with E-state index in [1.807, 2.05) is 54.3 Å². The lowest BCUT2D eigenvalue weighted by molar-refractivity contribution is -0.135. The van der Waals surface area contributed by atoms with Crippen LogP contribution >= 0.6 is 0 Å². The van der Waals surface area contributed by atoms with E-state index in [1.54, 1.807) is 11.0 Å². The Morgan fingerprint density at radius 2 is 1.81 bits per heavy atom. The number of aryl methyl sites for hydroxylation is 1. The summed E-state index contributed by atoms with van der Waals surface area (Å²) < 4.78 is 0. The molecule has 1 N–H and O–H groups in total. The van der Waals surface area contributed by atoms with Crippen LogP contribution in [0.5, 0.6) is 5.75 Å². The molecule has 1 fully saturated rings. The number of amides is 2. The zero-order valence-corrected chi connectivity index (χ0v) is 15.0. The van der Waals surface area contributed by atoms with Crippen molar-refractivity contribution < 1.29 is 14.7 Å². The quantitative estimate of drug-likeness (QED) is 0.841. The first kappa shape index (κ1) is 18.0. The second-order valence-corrected chi connectivity index (χ2v) is 6.75. The standard InChI is InChI=1S/C21H24N2O3/c1-16-7-8-20(25)19(13-16)18(17-5-3-2-4-6-17)14-21(26)23-11-9-22(15-24)10-12-23/h2-8,13,15,18,25H,9-12,14H2,1H3/t18-/m1/s1. The van der Waals surface area contributed by atoms with Gasteiger partial charge in [-0.2, -0.15) is 0 Å². The van der Waals surface area contributed by atoms with Crippen molar-refractivity contribution in [1.29, 1.82) is 0 Å². The summed E-state index contributed by atoms with van der Waals surface area (Å²) in [7, 11) is 0. The Balaban J connectivity index is 1.84. The maximum absolute atomic E-state index is 12.9. The molecule has 1 aliphatic heterocycles. The van der Waals surface area contributed by atoms with E-state index in [9.17, 15) is 14.7 Å². The SMILES string of the molecule is Cc1ccc(O)c([C@H](CC(=O)N2CCN(C=O)CC2)c2ccccc2)c1. The molecule has 1 heterocycles. The average Bonchev–Trinajstić information content (AvgIpc) is 2.68. The van der Waals surface area contributed by atoms with Crippen molar-refractivity contribution in [3.05, 3.63) is 65.2 Å². The first-order valence-corrected chi connectivity index (χ1v) is 8.90. The van der Waals surface area contributed by atoms with Gasteiger partial charge in [0, 0.05) is 44.1 Å². The van der Waals surface area contributed by atoms with Gasteiger partial charge in [0.25, 0.3) is 0 Å². The molecule has 1 atom stereocenters. The van der Waals surface area contributed by atoms with Gasteiger partial charge in [0.2, 0.25) is 12.3 Å². The van der Waals surface area contributed by atoms with Crippen LogP contribution in [-0.2, 0) is 9.59 Å².